The predicted octanol–water partition coefficient (Wildman–Crippen LogP) is 0.0112. The van der Waals surface area contributed by atoms with Crippen molar-refractivity contribution in [1.82, 2.24) is 15.2 Å². The van der Waals surface area contributed by atoms with Crippen LogP contribution in [0.4, 0.5) is 5.69 Å². The second kappa shape index (κ2) is 5.84. The van der Waals surface area contributed by atoms with Gasteiger partial charge in [0.2, 0.25) is 0 Å². The van der Waals surface area contributed by atoms with Gasteiger partial charge in [-0.2, -0.15) is 5.10 Å². The Balaban J connectivity index is 0.00000112. The van der Waals surface area contributed by atoms with Crippen LogP contribution in [0, 0.1) is 0 Å². The molecule has 86 valence electrons. The van der Waals surface area contributed by atoms with Crippen molar-refractivity contribution < 1.29 is 5.48 Å². The third-order valence-corrected chi connectivity index (χ3v) is 1.81. The lowest BCUT2D eigenvalue weighted by molar-refractivity contribution is 0.824. The molecule has 2 aromatic heterocycles. The number of halogens is 1. The van der Waals surface area contributed by atoms with Gasteiger partial charge in [0.1, 0.15) is 5.69 Å². The van der Waals surface area contributed by atoms with Crippen molar-refractivity contribution in [3.63, 3.8) is 0 Å². The molecule has 2 heterocycles. The molecule has 2 rings (SSSR count). The van der Waals surface area contributed by atoms with E-state index in [1.54, 1.807) is 24.5 Å². The molecule has 2 aromatic rings. The Morgan fingerprint density at radius 2 is 1.88 bits per heavy atom. The molecular weight excluding hydrogens is 232 g/mol. The van der Waals surface area contributed by atoms with Gasteiger partial charge in [0.05, 0.1) is 5.69 Å². The fourth-order valence-corrected chi connectivity index (χ4v) is 1.09. The number of aromatic nitrogens is 3. The molecule has 0 saturated carbocycles. The first kappa shape index (κ1) is 14.1. The Labute approximate surface area is 97.3 Å². The molecule has 6 nitrogen and oxygen atoms in total. The lowest BCUT2D eigenvalue weighted by Crippen LogP contribution is -2.13. The molecule has 0 atom stereocenters. The van der Waals surface area contributed by atoms with Crippen LogP contribution in [0.25, 0.3) is 11.3 Å². The predicted molar refractivity (Wildman–Crippen MR) is 63.4 cm³/mol. The average Bonchev–Trinajstić information content (AvgIpc) is 2.23. The summed E-state index contributed by atoms with van der Waals surface area (Å²) in [5.74, 6) is 0. The normalized spacial score (nSPS) is 8.75. The zero-order valence-electron chi connectivity index (χ0n) is 8.18. The molecule has 0 radical (unpaired) electrons. The van der Waals surface area contributed by atoms with Gasteiger partial charge in [-0.15, -0.1) is 12.4 Å². The summed E-state index contributed by atoms with van der Waals surface area (Å²) in [4.78, 5) is 14.8. The van der Waals surface area contributed by atoms with Gasteiger partial charge in [-0.25, -0.2) is 5.10 Å². The number of nitrogen functional groups attached to an aromatic ring is 1. The Kier molecular flexibility index (Phi) is 5.14. The Morgan fingerprint density at radius 3 is 2.44 bits per heavy atom. The van der Waals surface area contributed by atoms with Gasteiger partial charge in [-0.05, 0) is 18.2 Å². The van der Waals surface area contributed by atoms with E-state index in [9.17, 15) is 4.79 Å². The highest BCUT2D eigenvalue weighted by molar-refractivity contribution is 5.85. The summed E-state index contributed by atoms with van der Waals surface area (Å²) in [6.45, 7) is 0. The van der Waals surface area contributed by atoms with E-state index in [4.69, 9.17) is 5.73 Å². The highest BCUT2D eigenvalue weighted by Crippen LogP contribution is 2.14. The molecule has 5 N–H and O–H groups in total. The maximum Gasteiger partial charge on any atom is 0.287 e. The Morgan fingerprint density at radius 1 is 1.25 bits per heavy atom. The molecule has 0 unspecified atom stereocenters. The van der Waals surface area contributed by atoms with Crippen LogP contribution >= 0.6 is 12.4 Å². The van der Waals surface area contributed by atoms with E-state index in [0.29, 0.717) is 5.69 Å². The van der Waals surface area contributed by atoms with Gasteiger partial charge < -0.3 is 11.2 Å². The zero-order valence-corrected chi connectivity index (χ0v) is 8.99. The summed E-state index contributed by atoms with van der Waals surface area (Å²) in [6.07, 6.45) is 3.30. The van der Waals surface area contributed by atoms with Crippen molar-refractivity contribution in [2.45, 2.75) is 0 Å². The summed E-state index contributed by atoms with van der Waals surface area (Å²) >= 11 is 0. The number of nitrogens with one attached hydrogen (secondary N) is 1. The zero-order chi connectivity index (χ0) is 9.97. The van der Waals surface area contributed by atoms with E-state index in [1.807, 2.05) is 0 Å². The number of aromatic amines is 1. The molecule has 0 bridgehead atoms. The molecule has 0 aliphatic carbocycles. The van der Waals surface area contributed by atoms with Crippen LogP contribution in [-0.4, -0.2) is 20.7 Å². The quantitative estimate of drug-likeness (QED) is 0.733. The maximum absolute atomic E-state index is 10.9. The van der Waals surface area contributed by atoms with E-state index in [2.05, 4.69) is 15.2 Å². The number of rotatable bonds is 1. The standard InChI is InChI=1S/C9H8N4O.ClH.H2O/c10-7-5-8(12-13-9(7)14)6-1-3-11-4-2-6;;/h1-5H,(H2,10,12)(H,13,14);1H;1H2. The number of H-pyrrole nitrogens is 1. The first-order chi connectivity index (χ1) is 6.77. The largest absolute Gasteiger partial charge is 0.412 e. The van der Waals surface area contributed by atoms with Crippen molar-refractivity contribution in [3.8, 4) is 11.3 Å². The van der Waals surface area contributed by atoms with Crippen LogP contribution < -0.4 is 11.3 Å². The minimum absolute atomic E-state index is 0. The molecule has 16 heavy (non-hydrogen) atoms. The highest BCUT2D eigenvalue weighted by Gasteiger charge is 2.01. The van der Waals surface area contributed by atoms with Crippen LogP contribution in [0.15, 0.2) is 35.4 Å². The highest BCUT2D eigenvalue weighted by atomic mass is 35.5. The van der Waals surface area contributed by atoms with Crippen molar-refractivity contribution >= 4 is 18.1 Å². The van der Waals surface area contributed by atoms with Gasteiger partial charge in [0.25, 0.3) is 5.56 Å². The molecule has 0 aliphatic rings. The van der Waals surface area contributed by atoms with Gasteiger partial charge in [-0.1, -0.05) is 0 Å². The summed E-state index contributed by atoms with van der Waals surface area (Å²) in [5, 5.41) is 6.18. The van der Waals surface area contributed by atoms with E-state index < -0.39 is 0 Å². The third-order valence-electron chi connectivity index (χ3n) is 1.81. The summed E-state index contributed by atoms with van der Waals surface area (Å²) in [5.41, 5.74) is 6.74. The second-order valence-corrected chi connectivity index (χ2v) is 2.77. The number of nitrogens with zero attached hydrogens (tertiary/aromatic N) is 2. The first-order valence-corrected chi connectivity index (χ1v) is 4.03. The monoisotopic (exact) mass is 242 g/mol. The van der Waals surface area contributed by atoms with Crippen LogP contribution in [0.3, 0.4) is 0 Å². The molecule has 0 spiro atoms. The Hall–Kier alpha value is -1.92. The summed E-state index contributed by atoms with van der Waals surface area (Å²) in [7, 11) is 0. The first-order valence-electron chi connectivity index (χ1n) is 4.03. The van der Waals surface area contributed by atoms with Crippen LogP contribution in [0.5, 0.6) is 0 Å². The molecular formula is C9H11ClN4O2. The van der Waals surface area contributed by atoms with Gasteiger partial charge in [0, 0.05) is 18.0 Å². The molecule has 7 heteroatoms. The minimum atomic E-state index is -0.372. The molecule has 0 aliphatic heterocycles. The summed E-state index contributed by atoms with van der Waals surface area (Å²) < 4.78 is 0. The fourth-order valence-electron chi connectivity index (χ4n) is 1.09. The van der Waals surface area contributed by atoms with Crippen LogP contribution in [0.2, 0.25) is 0 Å². The van der Waals surface area contributed by atoms with Gasteiger partial charge in [-0.3, -0.25) is 9.78 Å². The smallest absolute Gasteiger partial charge is 0.287 e. The SMILES string of the molecule is Cl.Nc1cc(-c2ccncc2)n[nH]c1=O.O. The van der Waals surface area contributed by atoms with E-state index in [0.717, 1.165) is 5.56 Å². The third kappa shape index (κ3) is 2.78. The van der Waals surface area contributed by atoms with Crippen molar-refractivity contribution in [2.75, 3.05) is 5.73 Å². The summed E-state index contributed by atoms with van der Waals surface area (Å²) in [6, 6.07) is 5.12. The van der Waals surface area contributed by atoms with E-state index >= 15 is 0 Å². The molecule has 0 saturated heterocycles. The van der Waals surface area contributed by atoms with Crippen LogP contribution in [-0.2, 0) is 0 Å². The number of hydrogen-bond donors (Lipinski definition) is 2. The lowest BCUT2D eigenvalue weighted by Gasteiger charge is -1.99. The second-order valence-electron chi connectivity index (χ2n) is 2.77. The van der Waals surface area contributed by atoms with E-state index in [-0.39, 0.29) is 29.1 Å². The Bertz CT molecular complexity index is 500. The molecule has 0 amide bonds. The number of hydrogen-bond acceptors (Lipinski definition) is 4. The maximum atomic E-state index is 10.9. The topological polar surface area (TPSA) is 116 Å². The van der Waals surface area contributed by atoms with Gasteiger partial charge in [0.15, 0.2) is 0 Å². The van der Waals surface area contributed by atoms with Crippen molar-refractivity contribution in [1.29, 1.82) is 0 Å². The molecule has 0 fully saturated rings. The van der Waals surface area contributed by atoms with Crippen molar-refractivity contribution in [2.24, 2.45) is 0 Å². The minimum Gasteiger partial charge on any atom is -0.412 e. The fraction of sp³-hybridized carbons (Fsp3) is 0. The number of pyridine rings is 1. The van der Waals surface area contributed by atoms with Crippen LogP contribution in [0.1, 0.15) is 0 Å². The number of anilines is 1. The van der Waals surface area contributed by atoms with Gasteiger partial charge >= 0.3 is 0 Å². The van der Waals surface area contributed by atoms with Crippen molar-refractivity contribution in [3.05, 3.63) is 40.9 Å². The average molecular weight is 243 g/mol. The number of nitrogens with two attached hydrogens (primary N) is 1. The lowest BCUT2D eigenvalue weighted by atomic mass is 10.2. The molecule has 0 aromatic carbocycles. The van der Waals surface area contributed by atoms with E-state index in [1.165, 1.54) is 6.07 Å².